The largest absolute Gasteiger partial charge is 0.133 e. The maximum Gasteiger partial charge on any atom is -0.00657 e. The van der Waals surface area contributed by atoms with Gasteiger partial charge in [-0.05, 0) is 26.3 Å². The summed E-state index contributed by atoms with van der Waals surface area (Å²) in [4.78, 5) is 0. The third-order valence-corrected chi connectivity index (χ3v) is 1.06. The molecule has 0 aliphatic carbocycles. The van der Waals surface area contributed by atoms with E-state index in [-0.39, 0.29) is 0 Å². The lowest BCUT2D eigenvalue weighted by Gasteiger charge is -1.87. The second-order valence-electron chi connectivity index (χ2n) is 1.75. The monoisotopic (exact) mass is 108 g/mol. The Morgan fingerprint density at radius 2 is 2.38 bits per heavy atom. The van der Waals surface area contributed by atoms with Crippen LogP contribution in [0.25, 0.3) is 0 Å². The van der Waals surface area contributed by atoms with Crippen molar-refractivity contribution in [1.82, 2.24) is 0 Å². The minimum absolute atomic E-state index is 0.986. The molecule has 0 rings (SSSR count). The molecule has 0 saturated heterocycles. The Labute approximate surface area is 51.2 Å². The first-order valence-corrected chi connectivity index (χ1v) is 2.77. The molecule has 0 amide bonds. The fraction of sp³-hybridized carbons (Fsp3) is 0.375. The molecule has 0 atom stereocenters. The van der Waals surface area contributed by atoms with Crippen LogP contribution in [0.5, 0.6) is 0 Å². The maximum absolute atomic E-state index is 3.46. The van der Waals surface area contributed by atoms with Crippen molar-refractivity contribution in [2.24, 2.45) is 0 Å². The van der Waals surface area contributed by atoms with E-state index in [4.69, 9.17) is 0 Å². The lowest BCUT2D eigenvalue weighted by atomic mass is 10.2. The Kier molecular flexibility index (Phi) is 4.01. The van der Waals surface area contributed by atoms with Crippen molar-refractivity contribution in [1.29, 1.82) is 0 Å². The van der Waals surface area contributed by atoms with Crippen LogP contribution in [0.2, 0.25) is 0 Å². The first-order chi connectivity index (χ1) is 3.81. The molecule has 0 heterocycles. The standard InChI is InChI=1S/C8H12/c1-4-6-7-8(3)5-2/h5-6H,1,7H2,2-3H3. The van der Waals surface area contributed by atoms with Crippen LogP contribution in [0, 0.1) is 0 Å². The van der Waals surface area contributed by atoms with Crippen LogP contribution in [-0.2, 0) is 0 Å². The van der Waals surface area contributed by atoms with E-state index in [1.54, 1.807) is 0 Å². The fourth-order valence-corrected chi connectivity index (χ4v) is 0.351. The highest BCUT2D eigenvalue weighted by atomic mass is 13.8. The molecule has 0 nitrogen and oxygen atoms in total. The molecule has 0 aliphatic heterocycles. The van der Waals surface area contributed by atoms with Crippen molar-refractivity contribution in [3.63, 3.8) is 0 Å². The van der Waals surface area contributed by atoms with Gasteiger partial charge in [-0.15, -0.1) is 5.73 Å². The molecule has 0 spiro atoms. The fourth-order valence-electron chi connectivity index (χ4n) is 0.351. The summed E-state index contributed by atoms with van der Waals surface area (Å²) in [5.41, 5.74) is 4.08. The molecule has 0 N–H and O–H groups in total. The summed E-state index contributed by atoms with van der Waals surface area (Å²) in [6.07, 6.45) is 5.00. The lowest BCUT2D eigenvalue weighted by Crippen LogP contribution is -1.67. The predicted molar refractivity (Wildman–Crippen MR) is 37.8 cm³/mol. The summed E-state index contributed by atoms with van der Waals surface area (Å²) in [6, 6.07) is 0. The van der Waals surface area contributed by atoms with Crippen LogP contribution in [0.4, 0.5) is 0 Å². The summed E-state index contributed by atoms with van der Waals surface area (Å²) in [5.74, 6) is 0. The van der Waals surface area contributed by atoms with Crippen LogP contribution >= 0.6 is 0 Å². The smallest absolute Gasteiger partial charge is 0.00657 e. The van der Waals surface area contributed by atoms with E-state index in [9.17, 15) is 0 Å². The summed E-state index contributed by atoms with van der Waals surface area (Å²) >= 11 is 0. The molecule has 0 bridgehead atoms. The Morgan fingerprint density at radius 3 is 2.75 bits per heavy atom. The van der Waals surface area contributed by atoms with Crippen LogP contribution < -0.4 is 0 Å². The average Bonchev–Trinajstić information content (AvgIpc) is 1.83. The number of rotatable bonds is 2. The van der Waals surface area contributed by atoms with Gasteiger partial charge in [-0.3, -0.25) is 0 Å². The Hall–Kier alpha value is -0.740. The van der Waals surface area contributed by atoms with Gasteiger partial charge in [0.05, 0.1) is 0 Å². The Morgan fingerprint density at radius 1 is 1.75 bits per heavy atom. The first-order valence-electron chi connectivity index (χ1n) is 2.77. The molecule has 8 heavy (non-hydrogen) atoms. The average molecular weight is 108 g/mol. The van der Waals surface area contributed by atoms with Gasteiger partial charge >= 0.3 is 0 Å². The van der Waals surface area contributed by atoms with Crippen molar-refractivity contribution in [2.75, 3.05) is 0 Å². The van der Waals surface area contributed by atoms with Gasteiger partial charge in [-0.25, -0.2) is 0 Å². The van der Waals surface area contributed by atoms with E-state index in [1.165, 1.54) is 5.57 Å². The van der Waals surface area contributed by atoms with Crippen molar-refractivity contribution in [3.8, 4) is 0 Å². The topological polar surface area (TPSA) is 0 Å². The molecule has 0 unspecified atom stereocenters. The zero-order valence-electron chi connectivity index (χ0n) is 5.57. The zero-order valence-corrected chi connectivity index (χ0v) is 5.57. The highest BCUT2D eigenvalue weighted by Crippen LogP contribution is 1.97. The van der Waals surface area contributed by atoms with Gasteiger partial charge in [0, 0.05) is 0 Å². The van der Waals surface area contributed by atoms with E-state index < -0.39 is 0 Å². The molecule has 0 saturated carbocycles. The molecule has 0 radical (unpaired) electrons. The molecule has 0 fully saturated rings. The number of hydrogen-bond donors (Lipinski definition) is 0. The molecule has 0 aliphatic rings. The van der Waals surface area contributed by atoms with Gasteiger partial charge in [-0.1, -0.05) is 18.2 Å². The molecule has 0 aromatic heterocycles. The SMILES string of the molecule is C=C=CCC(C)=CC. The van der Waals surface area contributed by atoms with Crippen molar-refractivity contribution >= 4 is 0 Å². The number of allylic oxidation sites excluding steroid dienone is 3. The molecule has 0 heteroatoms. The predicted octanol–water partition coefficient (Wildman–Crippen LogP) is 2.68. The zero-order chi connectivity index (χ0) is 6.41. The molecular formula is C8H12. The van der Waals surface area contributed by atoms with Crippen LogP contribution in [0.3, 0.4) is 0 Å². The quantitative estimate of drug-likeness (QED) is 0.377. The van der Waals surface area contributed by atoms with Gasteiger partial charge in [0.2, 0.25) is 0 Å². The van der Waals surface area contributed by atoms with Gasteiger partial charge in [0.15, 0.2) is 0 Å². The van der Waals surface area contributed by atoms with Crippen molar-refractivity contribution in [2.45, 2.75) is 20.3 Å². The van der Waals surface area contributed by atoms with Gasteiger partial charge in [0.25, 0.3) is 0 Å². The molecular weight excluding hydrogens is 96.1 g/mol. The summed E-state index contributed by atoms with van der Waals surface area (Å²) < 4.78 is 0. The minimum Gasteiger partial charge on any atom is -0.133 e. The normalized spacial score (nSPS) is 10.5. The third-order valence-electron chi connectivity index (χ3n) is 1.06. The molecule has 44 valence electrons. The second kappa shape index (κ2) is 4.42. The van der Waals surface area contributed by atoms with Gasteiger partial charge in [-0.2, -0.15) is 0 Å². The highest BCUT2D eigenvalue weighted by molar-refractivity contribution is 5.01. The maximum atomic E-state index is 3.46. The minimum atomic E-state index is 0.986. The summed E-state index contributed by atoms with van der Waals surface area (Å²) in [6.45, 7) is 7.58. The highest BCUT2D eigenvalue weighted by Gasteiger charge is 1.77. The summed E-state index contributed by atoms with van der Waals surface area (Å²) in [7, 11) is 0. The van der Waals surface area contributed by atoms with Crippen LogP contribution in [-0.4, -0.2) is 0 Å². The third kappa shape index (κ3) is 3.45. The lowest BCUT2D eigenvalue weighted by molar-refractivity contribution is 1.20. The second-order valence-corrected chi connectivity index (χ2v) is 1.75. The van der Waals surface area contributed by atoms with Gasteiger partial charge < -0.3 is 0 Å². The van der Waals surface area contributed by atoms with E-state index in [2.05, 4.69) is 25.3 Å². The van der Waals surface area contributed by atoms with Crippen LogP contribution in [0.15, 0.2) is 30.0 Å². The van der Waals surface area contributed by atoms with Crippen molar-refractivity contribution in [3.05, 3.63) is 30.0 Å². The Balaban J connectivity index is 3.55. The number of hydrogen-bond acceptors (Lipinski definition) is 0. The molecule has 0 aromatic carbocycles. The van der Waals surface area contributed by atoms with E-state index in [1.807, 2.05) is 13.0 Å². The van der Waals surface area contributed by atoms with E-state index in [0.29, 0.717) is 0 Å². The first kappa shape index (κ1) is 7.26. The van der Waals surface area contributed by atoms with Crippen LogP contribution in [0.1, 0.15) is 20.3 Å². The summed E-state index contributed by atoms with van der Waals surface area (Å²) in [5, 5.41) is 0. The van der Waals surface area contributed by atoms with Crippen molar-refractivity contribution < 1.29 is 0 Å². The molecule has 0 aromatic rings. The Bertz CT molecular complexity index is 123. The van der Waals surface area contributed by atoms with E-state index in [0.717, 1.165) is 6.42 Å². The van der Waals surface area contributed by atoms with Gasteiger partial charge in [0.1, 0.15) is 0 Å². The van der Waals surface area contributed by atoms with E-state index >= 15 is 0 Å².